The van der Waals surface area contributed by atoms with Crippen molar-refractivity contribution in [2.45, 2.75) is 19.3 Å². The first-order valence-electron chi connectivity index (χ1n) is 9.52. The summed E-state index contributed by atoms with van der Waals surface area (Å²) in [6.45, 7) is 0. The number of ether oxygens (including phenoxy) is 3. The van der Waals surface area contributed by atoms with Gasteiger partial charge in [0.25, 0.3) is 5.91 Å². The Kier molecular flexibility index (Phi) is 7.35. The van der Waals surface area contributed by atoms with Crippen LogP contribution >= 0.6 is 11.8 Å². The molecule has 0 fully saturated rings. The topological polar surface area (TPSA) is 104 Å². The van der Waals surface area contributed by atoms with Gasteiger partial charge in [-0.3, -0.25) is 9.59 Å². The predicted molar refractivity (Wildman–Crippen MR) is 118 cm³/mol. The van der Waals surface area contributed by atoms with Crippen LogP contribution in [0.5, 0.6) is 17.2 Å². The van der Waals surface area contributed by atoms with E-state index in [1.807, 2.05) is 0 Å². The summed E-state index contributed by atoms with van der Waals surface area (Å²) in [4.78, 5) is 29.1. The molecule has 0 atom stereocenters. The van der Waals surface area contributed by atoms with Crippen molar-refractivity contribution in [3.05, 3.63) is 41.7 Å². The minimum atomic E-state index is -0.370. The zero-order chi connectivity index (χ0) is 22.4. The van der Waals surface area contributed by atoms with Gasteiger partial charge in [-0.1, -0.05) is 11.8 Å². The summed E-state index contributed by atoms with van der Waals surface area (Å²) in [5.41, 5.74) is 1.70. The van der Waals surface area contributed by atoms with E-state index >= 15 is 0 Å². The van der Waals surface area contributed by atoms with Crippen LogP contribution in [0, 0.1) is 0 Å². The van der Waals surface area contributed by atoms with Gasteiger partial charge in [0, 0.05) is 29.8 Å². The molecule has 0 unspecified atom stereocenters. The quantitative estimate of drug-likeness (QED) is 0.537. The molecule has 1 aromatic carbocycles. The van der Waals surface area contributed by atoms with Gasteiger partial charge in [-0.05, 0) is 31.2 Å². The number of rotatable bonds is 9. The number of methoxy groups -OCH3 is 3. The molecular weight excluding hydrogens is 420 g/mol. The number of hydrogen-bond donors (Lipinski definition) is 1. The summed E-state index contributed by atoms with van der Waals surface area (Å²) in [5, 5.41) is 7.25. The van der Waals surface area contributed by atoms with E-state index < -0.39 is 0 Å². The largest absolute Gasteiger partial charge is 0.493 e. The number of fused-ring (bicyclic) bond motifs is 1. The number of aryl methyl sites for hydroxylation is 1. The molecule has 2 aromatic heterocycles. The van der Waals surface area contributed by atoms with Gasteiger partial charge in [-0.2, -0.15) is 9.61 Å². The second-order valence-electron chi connectivity index (χ2n) is 6.53. The van der Waals surface area contributed by atoms with Crippen LogP contribution in [0.2, 0.25) is 0 Å². The Hall–Kier alpha value is -3.27. The molecule has 0 saturated heterocycles. The van der Waals surface area contributed by atoms with Gasteiger partial charge < -0.3 is 19.5 Å². The standard InChI is InChI=1S/C21H24N4O5S/c1-28-15-10-13(11-16(29-2)20(15)30-3)21(27)24-18-12-14(6-5-7-19(26)31-4)23-17-8-9-22-25(17)18/h8-12H,5-7H2,1-4H3,(H,24,27). The molecule has 0 saturated carbocycles. The summed E-state index contributed by atoms with van der Waals surface area (Å²) in [6, 6.07) is 6.67. The highest BCUT2D eigenvalue weighted by Gasteiger charge is 2.18. The van der Waals surface area contributed by atoms with E-state index in [1.165, 1.54) is 33.1 Å². The first kappa shape index (κ1) is 22.4. The maximum atomic E-state index is 13.0. The normalized spacial score (nSPS) is 10.7. The van der Waals surface area contributed by atoms with Crippen LogP contribution in [0.4, 0.5) is 5.82 Å². The van der Waals surface area contributed by atoms with E-state index in [4.69, 9.17) is 14.2 Å². The Morgan fingerprint density at radius 1 is 1.10 bits per heavy atom. The van der Waals surface area contributed by atoms with E-state index in [-0.39, 0.29) is 11.0 Å². The number of nitrogens with zero attached hydrogens (tertiary/aromatic N) is 3. The number of aromatic nitrogens is 3. The third kappa shape index (κ3) is 5.08. The molecule has 0 radical (unpaired) electrons. The number of anilines is 1. The minimum Gasteiger partial charge on any atom is -0.493 e. The highest BCUT2D eigenvalue weighted by atomic mass is 32.2. The minimum absolute atomic E-state index is 0.140. The monoisotopic (exact) mass is 444 g/mol. The fourth-order valence-corrected chi connectivity index (χ4v) is 3.45. The molecule has 2 heterocycles. The summed E-state index contributed by atoms with van der Waals surface area (Å²) in [7, 11) is 4.48. The summed E-state index contributed by atoms with van der Waals surface area (Å²) < 4.78 is 17.5. The molecular formula is C21H24N4O5S. The van der Waals surface area contributed by atoms with Crippen LogP contribution < -0.4 is 19.5 Å². The van der Waals surface area contributed by atoms with Crippen molar-refractivity contribution in [2.24, 2.45) is 0 Å². The number of carbonyl (C=O) groups is 2. The smallest absolute Gasteiger partial charge is 0.257 e. The lowest BCUT2D eigenvalue weighted by Crippen LogP contribution is -2.16. The fourth-order valence-electron chi connectivity index (χ4n) is 3.10. The third-order valence-corrected chi connectivity index (χ3v) is 5.28. The third-order valence-electron chi connectivity index (χ3n) is 4.62. The number of nitrogens with one attached hydrogen (secondary N) is 1. The van der Waals surface area contributed by atoms with E-state index in [2.05, 4.69) is 15.4 Å². The number of benzene rings is 1. The maximum absolute atomic E-state index is 13.0. The second-order valence-corrected chi connectivity index (χ2v) is 7.40. The number of amides is 1. The molecule has 3 aromatic rings. The number of hydrogen-bond acceptors (Lipinski definition) is 8. The van der Waals surface area contributed by atoms with Gasteiger partial charge in [0.15, 0.2) is 22.3 Å². The van der Waals surface area contributed by atoms with Crippen LogP contribution in [0.1, 0.15) is 28.9 Å². The van der Waals surface area contributed by atoms with Crippen molar-refractivity contribution in [3.63, 3.8) is 0 Å². The Bertz CT molecular complexity index is 1070. The Morgan fingerprint density at radius 2 is 1.81 bits per heavy atom. The molecule has 0 aliphatic heterocycles. The predicted octanol–water partition coefficient (Wildman–Crippen LogP) is 3.22. The average Bonchev–Trinajstić information content (AvgIpc) is 3.26. The molecule has 0 bridgehead atoms. The number of carbonyl (C=O) groups excluding carboxylic acids is 2. The van der Waals surface area contributed by atoms with Crippen molar-refractivity contribution >= 4 is 34.2 Å². The molecule has 3 rings (SSSR count). The van der Waals surface area contributed by atoms with Gasteiger partial charge in [-0.25, -0.2) is 4.98 Å². The molecule has 0 aliphatic rings. The lowest BCUT2D eigenvalue weighted by atomic mass is 10.1. The SMILES string of the molecule is COc1cc(C(=O)Nc2cc(CCCC(=O)SC)nc3ccnn23)cc(OC)c1OC. The van der Waals surface area contributed by atoms with Crippen LogP contribution in [-0.2, 0) is 11.2 Å². The summed E-state index contributed by atoms with van der Waals surface area (Å²) in [6.07, 6.45) is 5.15. The van der Waals surface area contributed by atoms with Gasteiger partial charge in [0.05, 0.1) is 27.5 Å². The fraction of sp³-hybridized carbons (Fsp3) is 0.333. The lowest BCUT2D eigenvalue weighted by Gasteiger charge is -2.14. The Morgan fingerprint density at radius 3 is 2.42 bits per heavy atom. The van der Waals surface area contributed by atoms with Crippen molar-refractivity contribution in [3.8, 4) is 17.2 Å². The van der Waals surface area contributed by atoms with Gasteiger partial charge in [0.1, 0.15) is 5.82 Å². The van der Waals surface area contributed by atoms with E-state index in [0.29, 0.717) is 53.5 Å². The highest BCUT2D eigenvalue weighted by Crippen LogP contribution is 2.38. The average molecular weight is 445 g/mol. The molecule has 0 spiro atoms. The molecule has 164 valence electrons. The summed E-state index contributed by atoms with van der Waals surface area (Å²) >= 11 is 1.22. The first-order chi connectivity index (χ1) is 15.0. The Labute approximate surface area is 184 Å². The van der Waals surface area contributed by atoms with Crippen LogP contribution in [0.15, 0.2) is 30.5 Å². The zero-order valence-corrected chi connectivity index (χ0v) is 18.6. The molecule has 1 amide bonds. The van der Waals surface area contributed by atoms with Crippen molar-refractivity contribution < 1.29 is 23.8 Å². The highest BCUT2D eigenvalue weighted by molar-refractivity contribution is 8.13. The Balaban J connectivity index is 1.88. The zero-order valence-electron chi connectivity index (χ0n) is 17.8. The number of thioether (sulfide) groups is 1. The van der Waals surface area contributed by atoms with Crippen molar-refractivity contribution in [1.82, 2.24) is 14.6 Å². The molecule has 0 aliphatic carbocycles. The summed E-state index contributed by atoms with van der Waals surface area (Å²) in [5.74, 6) is 1.27. The second kappa shape index (κ2) is 10.2. The van der Waals surface area contributed by atoms with Crippen molar-refractivity contribution in [1.29, 1.82) is 0 Å². The molecule has 1 N–H and O–H groups in total. The van der Waals surface area contributed by atoms with Crippen molar-refractivity contribution in [2.75, 3.05) is 32.9 Å². The molecule has 31 heavy (non-hydrogen) atoms. The maximum Gasteiger partial charge on any atom is 0.257 e. The van der Waals surface area contributed by atoms with E-state index in [9.17, 15) is 9.59 Å². The van der Waals surface area contributed by atoms with Gasteiger partial charge in [-0.15, -0.1) is 0 Å². The molecule has 9 nitrogen and oxygen atoms in total. The van der Waals surface area contributed by atoms with Crippen LogP contribution in [0.25, 0.3) is 5.65 Å². The molecule has 10 heteroatoms. The lowest BCUT2D eigenvalue weighted by molar-refractivity contribution is -0.111. The van der Waals surface area contributed by atoms with E-state index in [0.717, 1.165) is 5.69 Å². The van der Waals surface area contributed by atoms with Gasteiger partial charge in [0.2, 0.25) is 5.75 Å². The first-order valence-corrected chi connectivity index (χ1v) is 10.7. The van der Waals surface area contributed by atoms with Crippen LogP contribution in [0.3, 0.4) is 0 Å². The van der Waals surface area contributed by atoms with Crippen LogP contribution in [-0.4, -0.2) is 53.2 Å². The van der Waals surface area contributed by atoms with E-state index in [1.54, 1.807) is 41.2 Å². The van der Waals surface area contributed by atoms with Gasteiger partial charge >= 0.3 is 0 Å².